The van der Waals surface area contributed by atoms with Crippen molar-refractivity contribution in [2.24, 2.45) is 0 Å². The third kappa shape index (κ3) is 4.49. The van der Waals surface area contributed by atoms with Crippen LogP contribution in [0.1, 0.15) is 28.2 Å². The Morgan fingerprint density at radius 1 is 1.16 bits per heavy atom. The highest BCUT2D eigenvalue weighted by Gasteiger charge is 2.23. The molecule has 164 valence electrons. The van der Waals surface area contributed by atoms with Crippen LogP contribution in [0, 0.1) is 0 Å². The van der Waals surface area contributed by atoms with Crippen molar-refractivity contribution in [2.75, 3.05) is 31.6 Å². The standard InChI is InChI=1S/C22H24F2N4O2S/c23-22(24)30-16-6-2-1-4-14(16)12-25-20-19-15-5-3-7-17(15)31-21(19)27-18(26-20)13-28-8-10-29-11-9-28/h1-2,4,6,22H,3,5,7-13H2,(H,25,26,27). The van der Waals surface area contributed by atoms with E-state index in [4.69, 9.17) is 14.7 Å². The fourth-order valence-electron chi connectivity index (χ4n) is 4.24. The summed E-state index contributed by atoms with van der Waals surface area (Å²) in [5.74, 6) is 1.73. The predicted molar refractivity (Wildman–Crippen MR) is 116 cm³/mol. The number of aromatic nitrogens is 2. The number of alkyl halides is 2. The van der Waals surface area contributed by atoms with Gasteiger partial charge in [-0.25, -0.2) is 9.97 Å². The zero-order chi connectivity index (χ0) is 21.2. The van der Waals surface area contributed by atoms with E-state index in [1.165, 1.54) is 10.4 Å². The van der Waals surface area contributed by atoms with Crippen LogP contribution >= 0.6 is 11.3 Å². The van der Waals surface area contributed by atoms with Gasteiger partial charge in [-0.3, -0.25) is 4.90 Å². The summed E-state index contributed by atoms with van der Waals surface area (Å²) in [5, 5.41) is 4.48. The van der Waals surface area contributed by atoms with Crippen LogP contribution in [-0.4, -0.2) is 47.8 Å². The van der Waals surface area contributed by atoms with Crippen LogP contribution in [0.3, 0.4) is 0 Å². The zero-order valence-corrected chi connectivity index (χ0v) is 17.9. The molecule has 9 heteroatoms. The van der Waals surface area contributed by atoms with Gasteiger partial charge in [-0.2, -0.15) is 8.78 Å². The Kier molecular flexibility index (Phi) is 5.97. The number of para-hydroxylation sites is 1. The van der Waals surface area contributed by atoms with Gasteiger partial charge in [0.25, 0.3) is 0 Å². The summed E-state index contributed by atoms with van der Waals surface area (Å²) in [6.07, 6.45) is 3.26. The predicted octanol–water partition coefficient (Wildman–Crippen LogP) is 4.23. The number of fused-ring (bicyclic) bond motifs is 3. The molecule has 1 fully saturated rings. The van der Waals surface area contributed by atoms with Gasteiger partial charge in [0.05, 0.1) is 25.1 Å². The van der Waals surface area contributed by atoms with Gasteiger partial charge in [-0.15, -0.1) is 11.3 Å². The Balaban J connectivity index is 1.45. The molecule has 0 spiro atoms. The number of hydrogen-bond acceptors (Lipinski definition) is 7. The minimum Gasteiger partial charge on any atom is -0.434 e. The van der Waals surface area contributed by atoms with Crippen molar-refractivity contribution in [3.05, 3.63) is 46.1 Å². The number of nitrogens with zero attached hydrogens (tertiary/aromatic N) is 3. The average Bonchev–Trinajstić information content (AvgIpc) is 3.34. The summed E-state index contributed by atoms with van der Waals surface area (Å²) in [6.45, 7) is 1.33. The van der Waals surface area contributed by atoms with Crippen LogP contribution in [0.4, 0.5) is 14.6 Å². The number of nitrogens with one attached hydrogen (secondary N) is 1. The highest BCUT2D eigenvalue weighted by molar-refractivity contribution is 7.19. The van der Waals surface area contributed by atoms with Crippen molar-refractivity contribution < 1.29 is 18.3 Å². The molecule has 6 nitrogen and oxygen atoms in total. The topological polar surface area (TPSA) is 59.5 Å². The second kappa shape index (κ2) is 9.02. The van der Waals surface area contributed by atoms with Crippen LogP contribution in [0.2, 0.25) is 0 Å². The van der Waals surface area contributed by atoms with Crippen LogP contribution in [0.15, 0.2) is 24.3 Å². The number of morpholine rings is 1. The maximum Gasteiger partial charge on any atom is 0.387 e. The molecular formula is C22H24F2N4O2S. The minimum absolute atomic E-state index is 0.180. The van der Waals surface area contributed by atoms with Crippen LogP contribution < -0.4 is 10.1 Å². The summed E-state index contributed by atoms with van der Waals surface area (Å²) < 4.78 is 35.7. The molecule has 2 aliphatic rings. The number of ether oxygens (including phenoxy) is 2. The van der Waals surface area contributed by atoms with Crippen LogP contribution in [0.5, 0.6) is 5.75 Å². The maximum absolute atomic E-state index is 12.8. The number of aryl methyl sites for hydroxylation is 2. The van der Waals surface area contributed by atoms with E-state index in [0.717, 1.165) is 67.4 Å². The molecule has 3 aromatic rings. The van der Waals surface area contributed by atoms with Crippen LogP contribution in [-0.2, 0) is 30.7 Å². The highest BCUT2D eigenvalue weighted by atomic mass is 32.1. The maximum atomic E-state index is 12.8. The van der Waals surface area contributed by atoms with Crippen molar-refractivity contribution in [2.45, 2.75) is 39.0 Å². The van der Waals surface area contributed by atoms with Crippen molar-refractivity contribution in [1.29, 1.82) is 0 Å². The number of thiophene rings is 1. The van der Waals surface area contributed by atoms with Gasteiger partial charge in [0, 0.05) is 30.1 Å². The molecule has 0 saturated carbocycles. The van der Waals surface area contributed by atoms with Crippen molar-refractivity contribution in [1.82, 2.24) is 14.9 Å². The lowest BCUT2D eigenvalue weighted by Gasteiger charge is -2.25. The van der Waals surface area contributed by atoms with Gasteiger partial charge in [-0.1, -0.05) is 18.2 Å². The fourth-order valence-corrected chi connectivity index (χ4v) is 5.52. The highest BCUT2D eigenvalue weighted by Crippen LogP contribution is 2.40. The van der Waals surface area contributed by atoms with Gasteiger partial charge >= 0.3 is 6.61 Å². The van der Waals surface area contributed by atoms with Crippen molar-refractivity contribution in [3.8, 4) is 5.75 Å². The van der Waals surface area contributed by atoms with Crippen LogP contribution in [0.25, 0.3) is 10.2 Å². The van der Waals surface area contributed by atoms with E-state index in [-0.39, 0.29) is 5.75 Å². The van der Waals surface area contributed by atoms with Gasteiger partial charge in [-0.05, 0) is 30.9 Å². The molecule has 0 radical (unpaired) electrons. The smallest absolute Gasteiger partial charge is 0.387 e. The van der Waals surface area contributed by atoms with Crippen molar-refractivity contribution >= 4 is 27.4 Å². The zero-order valence-electron chi connectivity index (χ0n) is 17.1. The number of hydrogen-bond donors (Lipinski definition) is 1. The Morgan fingerprint density at radius 2 is 2.00 bits per heavy atom. The molecule has 2 aromatic heterocycles. The Morgan fingerprint density at radius 3 is 2.84 bits per heavy atom. The second-order valence-corrected chi connectivity index (χ2v) is 8.84. The van der Waals surface area contributed by atoms with Gasteiger partial charge in [0.15, 0.2) is 0 Å². The molecule has 1 aromatic carbocycles. The quantitative estimate of drug-likeness (QED) is 0.586. The van der Waals surface area contributed by atoms with E-state index < -0.39 is 6.61 Å². The number of anilines is 1. The molecule has 0 bridgehead atoms. The first-order valence-corrected chi connectivity index (χ1v) is 11.4. The molecule has 5 rings (SSSR count). The minimum atomic E-state index is -2.85. The average molecular weight is 447 g/mol. The number of halogens is 2. The molecule has 1 aliphatic carbocycles. The summed E-state index contributed by atoms with van der Waals surface area (Å²) in [4.78, 5) is 14.4. The largest absolute Gasteiger partial charge is 0.434 e. The lowest BCUT2D eigenvalue weighted by molar-refractivity contribution is -0.0504. The molecule has 1 N–H and O–H groups in total. The third-order valence-corrected chi connectivity index (χ3v) is 6.90. The first kappa shape index (κ1) is 20.5. The van der Waals surface area contributed by atoms with E-state index in [0.29, 0.717) is 18.7 Å². The molecule has 31 heavy (non-hydrogen) atoms. The monoisotopic (exact) mass is 446 g/mol. The Hall–Kier alpha value is -2.36. The van der Waals surface area contributed by atoms with E-state index in [1.54, 1.807) is 29.5 Å². The summed E-state index contributed by atoms with van der Waals surface area (Å²) in [5.41, 5.74) is 1.99. The summed E-state index contributed by atoms with van der Waals surface area (Å²) in [7, 11) is 0. The van der Waals surface area contributed by atoms with E-state index in [9.17, 15) is 8.78 Å². The molecule has 0 atom stereocenters. The molecule has 3 heterocycles. The first-order chi connectivity index (χ1) is 15.2. The molecule has 0 unspecified atom stereocenters. The van der Waals surface area contributed by atoms with Crippen molar-refractivity contribution in [3.63, 3.8) is 0 Å². The number of benzene rings is 1. The normalized spacial score (nSPS) is 16.7. The molecule has 1 aliphatic heterocycles. The van der Waals surface area contributed by atoms with Gasteiger partial charge in [0.1, 0.15) is 22.2 Å². The molecule has 1 saturated heterocycles. The van der Waals surface area contributed by atoms with E-state index in [2.05, 4.69) is 15.0 Å². The first-order valence-electron chi connectivity index (χ1n) is 10.6. The number of rotatable bonds is 7. The Bertz CT molecular complexity index is 1070. The fraction of sp³-hybridized carbons (Fsp3) is 0.455. The Labute approximate surface area is 183 Å². The SMILES string of the molecule is FC(F)Oc1ccccc1CNc1nc(CN2CCOCC2)nc2sc3c(c12)CCC3. The van der Waals surface area contributed by atoms with Gasteiger partial charge in [0.2, 0.25) is 0 Å². The summed E-state index contributed by atoms with van der Waals surface area (Å²) >= 11 is 1.75. The third-order valence-electron chi connectivity index (χ3n) is 5.71. The lowest BCUT2D eigenvalue weighted by Crippen LogP contribution is -2.36. The van der Waals surface area contributed by atoms with E-state index in [1.807, 2.05) is 6.07 Å². The summed E-state index contributed by atoms with van der Waals surface area (Å²) in [6, 6.07) is 6.86. The van der Waals surface area contributed by atoms with Gasteiger partial charge < -0.3 is 14.8 Å². The lowest BCUT2D eigenvalue weighted by atomic mass is 10.1. The molecular weight excluding hydrogens is 422 g/mol. The van der Waals surface area contributed by atoms with E-state index >= 15 is 0 Å². The second-order valence-electron chi connectivity index (χ2n) is 7.75. The molecule has 0 amide bonds.